The first-order valence-electron chi connectivity index (χ1n) is 3.13. The molecule has 1 nitrogen and oxygen atoms in total. The topological polar surface area (TPSA) is 12.9 Å². The molecule has 0 bridgehead atoms. The molecule has 66 valence electrons. The van der Waals surface area contributed by atoms with E-state index in [1.54, 1.807) is 0 Å². The summed E-state index contributed by atoms with van der Waals surface area (Å²) in [6.07, 6.45) is -1.65. The minimum atomic E-state index is -2.67. The number of hydrogen-bond donors (Lipinski definition) is 0. The maximum absolute atomic E-state index is 12.0. The van der Waals surface area contributed by atoms with Gasteiger partial charge in [0.15, 0.2) is 0 Å². The Morgan fingerprint density at radius 3 is 2.58 bits per heavy atom. The summed E-state index contributed by atoms with van der Waals surface area (Å²) in [5, 5.41) is -0.0113. The monoisotopic (exact) mass is 195 g/mol. The zero-order valence-corrected chi connectivity index (χ0v) is 6.65. The largest absolute Gasteiger partial charge is 0.280 e. The number of pyridine rings is 1. The smallest absolute Gasteiger partial charge is 0.255 e. The van der Waals surface area contributed by atoms with Crippen molar-refractivity contribution in [3.05, 3.63) is 28.5 Å². The number of hydrogen-bond acceptors (Lipinski definition) is 1. The second-order valence-corrected chi connectivity index (χ2v) is 2.54. The van der Waals surface area contributed by atoms with Gasteiger partial charge in [0.2, 0.25) is 0 Å². The summed E-state index contributed by atoms with van der Waals surface area (Å²) in [4.78, 5) is 3.34. The number of rotatable bonds is 2. The van der Waals surface area contributed by atoms with Crippen molar-refractivity contribution in [2.45, 2.75) is 13.1 Å². The van der Waals surface area contributed by atoms with Gasteiger partial charge in [-0.25, -0.2) is 13.2 Å². The van der Waals surface area contributed by atoms with Crippen LogP contribution in [0.1, 0.15) is 17.7 Å². The van der Waals surface area contributed by atoms with Crippen molar-refractivity contribution < 1.29 is 13.2 Å². The average Bonchev–Trinajstić information content (AvgIpc) is 2.04. The molecule has 0 spiro atoms. The molecule has 0 aromatic carbocycles. The van der Waals surface area contributed by atoms with Gasteiger partial charge in [0, 0.05) is 16.8 Å². The maximum Gasteiger partial charge on any atom is 0.280 e. The van der Waals surface area contributed by atoms with E-state index in [4.69, 9.17) is 11.6 Å². The van der Waals surface area contributed by atoms with E-state index in [1.807, 2.05) is 0 Å². The molecule has 0 radical (unpaired) electrons. The van der Waals surface area contributed by atoms with Gasteiger partial charge in [-0.3, -0.25) is 4.98 Å². The third-order valence-corrected chi connectivity index (χ3v) is 1.67. The fourth-order valence-corrected chi connectivity index (χ4v) is 0.903. The highest BCUT2D eigenvalue weighted by atomic mass is 35.5. The van der Waals surface area contributed by atoms with Crippen molar-refractivity contribution in [1.29, 1.82) is 0 Å². The third-order valence-electron chi connectivity index (χ3n) is 1.32. The molecule has 0 fully saturated rings. The number of alkyl halides is 3. The Morgan fingerprint density at radius 2 is 2.17 bits per heavy atom. The van der Waals surface area contributed by atoms with Crippen LogP contribution in [0.4, 0.5) is 13.2 Å². The summed E-state index contributed by atoms with van der Waals surface area (Å²) < 4.78 is 35.9. The highest BCUT2D eigenvalue weighted by molar-refractivity contribution is 6.31. The van der Waals surface area contributed by atoms with Crippen molar-refractivity contribution in [2.24, 2.45) is 0 Å². The second kappa shape index (κ2) is 3.76. The molecule has 12 heavy (non-hydrogen) atoms. The predicted molar refractivity (Wildman–Crippen MR) is 39.0 cm³/mol. The second-order valence-electron chi connectivity index (χ2n) is 2.13. The Labute approximate surface area is 72.2 Å². The third kappa shape index (κ3) is 1.88. The summed E-state index contributed by atoms with van der Waals surface area (Å²) in [5.74, 6) is 0. The fraction of sp³-hybridized carbons (Fsp3) is 0.286. The quantitative estimate of drug-likeness (QED) is 0.707. The molecular formula is C7H5ClF3N. The maximum atomic E-state index is 12.0. The highest BCUT2D eigenvalue weighted by Gasteiger charge is 2.10. The van der Waals surface area contributed by atoms with Crippen LogP contribution in [0.3, 0.4) is 0 Å². The van der Waals surface area contributed by atoms with E-state index in [-0.39, 0.29) is 10.6 Å². The Morgan fingerprint density at radius 1 is 1.50 bits per heavy atom. The number of aromatic nitrogens is 1. The molecule has 0 saturated carbocycles. The van der Waals surface area contributed by atoms with Crippen molar-refractivity contribution in [1.82, 2.24) is 4.98 Å². The normalized spacial score (nSPS) is 10.8. The lowest BCUT2D eigenvalue weighted by atomic mass is 10.2. The van der Waals surface area contributed by atoms with Gasteiger partial charge in [-0.2, -0.15) is 0 Å². The van der Waals surface area contributed by atoms with Crippen LogP contribution in [-0.4, -0.2) is 4.98 Å². The molecule has 5 heteroatoms. The van der Waals surface area contributed by atoms with Crippen molar-refractivity contribution in [3.63, 3.8) is 0 Å². The van der Waals surface area contributed by atoms with E-state index in [1.165, 1.54) is 0 Å². The van der Waals surface area contributed by atoms with E-state index in [2.05, 4.69) is 4.98 Å². The summed E-state index contributed by atoms with van der Waals surface area (Å²) in [6, 6.07) is 0.973. The van der Waals surface area contributed by atoms with Crippen molar-refractivity contribution in [3.8, 4) is 0 Å². The van der Waals surface area contributed by atoms with Gasteiger partial charge < -0.3 is 0 Å². The lowest BCUT2D eigenvalue weighted by Gasteiger charge is -2.01. The molecule has 0 N–H and O–H groups in total. The fourth-order valence-electron chi connectivity index (χ4n) is 0.692. The Kier molecular flexibility index (Phi) is 2.92. The lowest BCUT2D eigenvalue weighted by Crippen LogP contribution is -1.92. The van der Waals surface area contributed by atoms with E-state index in [0.29, 0.717) is 0 Å². The van der Waals surface area contributed by atoms with Gasteiger partial charge >= 0.3 is 0 Å². The van der Waals surface area contributed by atoms with E-state index in [0.717, 1.165) is 12.3 Å². The van der Waals surface area contributed by atoms with Gasteiger partial charge in [0.05, 0.1) is 0 Å². The molecule has 0 atom stereocenters. The van der Waals surface area contributed by atoms with Crippen LogP contribution in [-0.2, 0) is 6.67 Å². The molecule has 0 aliphatic heterocycles. The molecule has 1 heterocycles. The minimum Gasteiger partial charge on any atom is -0.255 e. The van der Waals surface area contributed by atoms with E-state index in [9.17, 15) is 13.2 Å². The van der Waals surface area contributed by atoms with Gasteiger partial charge in [-0.05, 0) is 6.07 Å². The Balaban J connectivity index is 3.02. The zero-order valence-electron chi connectivity index (χ0n) is 5.90. The van der Waals surface area contributed by atoms with E-state index >= 15 is 0 Å². The molecule has 0 saturated heterocycles. The molecule has 0 aliphatic rings. The van der Waals surface area contributed by atoms with Crippen LogP contribution < -0.4 is 0 Å². The minimum absolute atomic E-state index is 0.0113. The molecule has 0 unspecified atom stereocenters. The lowest BCUT2D eigenvalue weighted by molar-refractivity contribution is 0.146. The first-order valence-corrected chi connectivity index (χ1v) is 3.51. The summed E-state index contributed by atoms with van der Waals surface area (Å²) in [7, 11) is 0. The summed E-state index contributed by atoms with van der Waals surface area (Å²) in [5.41, 5.74) is -0.307. The Bertz CT molecular complexity index is 277. The number of nitrogens with zero attached hydrogens (tertiary/aromatic N) is 1. The summed E-state index contributed by atoms with van der Waals surface area (Å²) in [6.45, 7) is -0.796. The number of halogens is 4. The Hall–Kier alpha value is -0.770. The van der Waals surface area contributed by atoms with Crippen LogP contribution in [0.25, 0.3) is 0 Å². The van der Waals surface area contributed by atoms with Crippen LogP contribution >= 0.6 is 11.6 Å². The molecule has 1 aromatic heterocycles. The average molecular weight is 196 g/mol. The first-order chi connectivity index (χ1) is 5.65. The summed E-state index contributed by atoms with van der Waals surface area (Å²) >= 11 is 5.46. The predicted octanol–water partition coefficient (Wildman–Crippen LogP) is 3.14. The molecule has 0 aliphatic carbocycles. The first kappa shape index (κ1) is 9.32. The molecule has 0 amide bonds. The van der Waals surface area contributed by atoms with Crippen LogP contribution in [0.5, 0.6) is 0 Å². The molecule has 1 rings (SSSR count). The zero-order chi connectivity index (χ0) is 9.14. The standard InChI is InChI=1S/C7H5ClF3N/c8-5-1-6(7(10)11)12-3-4(5)2-9/h1,3,7H,2H2. The highest BCUT2D eigenvalue weighted by Crippen LogP contribution is 2.22. The van der Waals surface area contributed by atoms with Crippen LogP contribution in [0.15, 0.2) is 12.3 Å². The van der Waals surface area contributed by atoms with Gasteiger partial charge in [-0.15, -0.1) is 0 Å². The van der Waals surface area contributed by atoms with E-state index < -0.39 is 18.8 Å². The van der Waals surface area contributed by atoms with Crippen molar-refractivity contribution >= 4 is 11.6 Å². The van der Waals surface area contributed by atoms with Crippen LogP contribution in [0.2, 0.25) is 5.02 Å². The SMILES string of the molecule is FCc1cnc(C(F)F)cc1Cl. The van der Waals surface area contributed by atoms with Gasteiger partial charge in [0.25, 0.3) is 6.43 Å². The van der Waals surface area contributed by atoms with Crippen molar-refractivity contribution in [2.75, 3.05) is 0 Å². The van der Waals surface area contributed by atoms with Gasteiger partial charge in [-0.1, -0.05) is 11.6 Å². The van der Waals surface area contributed by atoms with Crippen LogP contribution in [0, 0.1) is 0 Å². The molecule has 1 aromatic rings. The molecular weight excluding hydrogens is 191 g/mol. The van der Waals surface area contributed by atoms with Gasteiger partial charge in [0.1, 0.15) is 12.4 Å².